The summed E-state index contributed by atoms with van der Waals surface area (Å²) in [6, 6.07) is 0. The summed E-state index contributed by atoms with van der Waals surface area (Å²) in [6.45, 7) is 4.32. The third kappa shape index (κ3) is 38.5. The van der Waals surface area contributed by atoms with Crippen molar-refractivity contribution < 1.29 is 52.4 Å². The van der Waals surface area contributed by atoms with E-state index in [0.29, 0.717) is 6.61 Å². The van der Waals surface area contributed by atoms with E-state index < -0.39 is 11.4 Å². The molecule has 0 aromatic heterocycles. The minimum absolute atomic E-state index is 0. The standard InChI is InChI=1S/C14H28O2.Na.H2O3S/c1-3-4-5-6-7-8-9-10-11-12-13-16-14(2)15;;1-4(2)3/h3-13H2,1-2H3;;(H2,1,2,3)/q;+1;/p-1. The number of carbonyl (C=O) groups excluding carboxylic acids is 1. The van der Waals surface area contributed by atoms with Crippen LogP contribution < -0.4 is 29.6 Å². The van der Waals surface area contributed by atoms with Gasteiger partial charge in [0.25, 0.3) is 0 Å². The molecule has 0 bridgehead atoms. The van der Waals surface area contributed by atoms with Crippen LogP contribution in [-0.4, -0.2) is 25.9 Å². The Bertz CT molecular complexity index is 235. The van der Waals surface area contributed by atoms with Crippen molar-refractivity contribution in [3.8, 4) is 0 Å². The molecule has 0 fully saturated rings. The first-order valence-electron chi connectivity index (χ1n) is 7.42. The van der Waals surface area contributed by atoms with E-state index in [4.69, 9.17) is 18.1 Å². The van der Waals surface area contributed by atoms with Crippen molar-refractivity contribution >= 4 is 17.3 Å². The van der Waals surface area contributed by atoms with Gasteiger partial charge in [0, 0.05) is 6.92 Å². The molecule has 0 aromatic carbocycles. The Morgan fingerprint density at radius 2 is 1.33 bits per heavy atom. The normalized spacial score (nSPS) is 10.9. The molecule has 1 N–H and O–H groups in total. The Morgan fingerprint density at radius 1 is 1.00 bits per heavy atom. The summed E-state index contributed by atoms with van der Waals surface area (Å²) in [5.41, 5.74) is 0. The number of carbonyl (C=O) groups is 1. The molecule has 5 nitrogen and oxygen atoms in total. The second-order valence-corrected chi connectivity index (χ2v) is 5.17. The van der Waals surface area contributed by atoms with Gasteiger partial charge >= 0.3 is 35.5 Å². The van der Waals surface area contributed by atoms with Crippen molar-refractivity contribution in [3.05, 3.63) is 0 Å². The molecule has 0 heterocycles. The minimum Gasteiger partial charge on any atom is -0.750 e. The molecule has 0 radical (unpaired) electrons. The number of esters is 1. The van der Waals surface area contributed by atoms with Gasteiger partial charge in [-0.1, -0.05) is 64.7 Å². The second kappa shape index (κ2) is 22.8. The van der Waals surface area contributed by atoms with Crippen molar-refractivity contribution in [2.75, 3.05) is 6.61 Å². The predicted molar refractivity (Wildman–Crippen MR) is 80.0 cm³/mol. The van der Waals surface area contributed by atoms with Crippen molar-refractivity contribution in [2.24, 2.45) is 0 Å². The molecule has 0 saturated heterocycles. The number of rotatable bonds is 11. The van der Waals surface area contributed by atoms with Crippen LogP contribution in [0.5, 0.6) is 0 Å². The summed E-state index contributed by atoms with van der Waals surface area (Å²) >= 11 is -2.86. The van der Waals surface area contributed by atoms with Crippen molar-refractivity contribution in [2.45, 2.75) is 78.1 Å². The largest absolute Gasteiger partial charge is 1.00 e. The van der Waals surface area contributed by atoms with Gasteiger partial charge in [-0.2, -0.15) is 0 Å². The second-order valence-electron chi connectivity index (χ2n) is 4.74. The van der Waals surface area contributed by atoms with E-state index >= 15 is 0 Å². The molecule has 0 amide bonds. The van der Waals surface area contributed by atoms with Gasteiger partial charge < -0.3 is 13.8 Å². The fourth-order valence-electron chi connectivity index (χ4n) is 1.81. The Morgan fingerprint density at radius 3 is 1.67 bits per heavy atom. The summed E-state index contributed by atoms with van der Waals surface area (Å²) < 4.78 is 29.0. The maximum Gasteiger partial charge on any atom is 1.00 e. The zero-order valence-corrected chi connectivity index (χ0v) is 16.6. The first kappa shape index (κ1) is 26.4. The summed E-state index contributed by atoms with van der Waals surface area (Å²) in [4.78, 5) is 10.5. The molecular formula is C14H29NaO5S. The van der Waals surface area contributed by atoms with Gasteiger partial charge in [0.2, 0.25) is 0 Å². The summed E-state index contributed by atoms with van der Waals surface area (Å²) in [7, 11) is 0. The number of hydrogen-bond donors (Lipinski definition) is 1. The molecule has 0 spiro atoms. The number of ether oxygens (including phenoxy) is 1. The average molecular weight is 332 g/mol. The molecule has 0 aromatic rings. The Labute approximate surface area is 154 Å². The van der Waals surface area contributed by atoms with Crippen molar-refractivity contribution in [1.29, 1.82) is 0 Å². The summed E-state index contributed by atoms with van der Waals surface area (Å²) in [5, 5.41) is 0. The smallest absolute Gasteiger partial charge is 0.750 e. The van der Waals surface area contributed by atoms with Gasteiger partial charge in [-0.15, -0.1) is 0 Å². The Balaban J connectivity index is -0.000000572. The van der Waals surface area contributed by atoms with Crippen LogP contribution in [0.3, 0.4) is 0 Å². The molecule has 0 saturated carbocycles. The van der Waals surface area contributed by atoms with Crippen LogP contribution in [0, 0.1) is 0 Å². The van der Waals surface area contributed by atoms with Crippen molar-refractivity contribution in [1.82, 2.24) is 0 Å². The SMILES string of the molecule is CCCCCCCCCCCCOC(C)=O.O=S([O-])O.[Na+]. The van der Waals surface area contributed by atoms with E-state index in [1.165, 1.54) is 64.7 Å². The van der Waals surface area contributed by atoms with Crippen LogP contribution in [0.15, 0.2) is 0 Å². The van der Waals surface area contributed by atoms with E-state index in [0.717, 1.165) is 6.42 Å². The molecule has 1 atom stereocenters. The Kier molecular flexibility index (Phi) is 28.7. The monoisotopic (exact) mass is 332 g/mol. The zero-order valence-electron chi connectivity index (χ0n) is 13.8. The molecule has 0 rings (SSSR count). The fourth-order valence-corrected chi connectivity index (χ4v) is 1.81. The maximum absolute atomic E-state index is 10.5. The van der Waals surface area contributed by atoms with Crippen LogP contribution in [0.1, 0.15) is 78.1 Å². The fraction of sp³-hybridized carbons (Fsp3) is 0.929. The molecule has 1 unspecified atom stereocenters. The molecule has 122 valence electrons. The molecular weight excluding hydrogens is 303 g/mol. The summed E-state index contributed by atoms with van der Waals surface area (Å²) in [5.74, 6) is -0.157. The number of hydrogen-bond acceptors (Lipinski definition) is 4. The quantitative estimate of drug-likeness (QED) is 0.262. The number of unbranched alkanes of at least 4 members (excludes halogenated alkanes) is 9. The average Bonchev–Trinajstić information content (AvgIpc) is 2.35. The van der Waals surface area contributed by atoms with Crippen molar-refractivity contribution in [3.63, 3.8) is 0 Å². The third-order valence-electron chi connectivity index (χ3n) is 2.80. The predicted octanol–water partition coefficient (Wildman–Crippen LogP) is 0.813. The van der Waals surface area contributed by atoms with E-state index in [1.807, 2.05) is 0 Å². The summed E-state index contributed by atoms with van der Waals surface area (Å²) in [6.07, 6.45) is 13.1. The molecule has 0 aliphatic heterocycles. The van der Waals surface area contributed by atoms with Crippen LogP contribution in [0.4, 0.5) is 0 Å². The van der Waals surface area contributed by atoms with Crippen LogP contribution >= 0.6 is 0 Å². The van der Waals surface area contributed by atoms with Crippen LogP contribution in [0.25, 0.3) is 0 Å². The van der Waals surface area contributed by atoms with Gasteiger partial charge in [0.15, 0.2) is 0 Å². The first-order valence-corrected chi connectivity index (χ1v) is 8.45. The molecule has 7 heteroatoms. The van der Waals surface area contributed by atoms with E-state index in [9.17, 15) is 4.79 Å². The minimum atomic E-state index is -2.86. The maximum atomic E-state index is 10.5. The third-order valence-corrected chi connectivity index (χ3v) is 2.80. The molecule has 0 aliphatic carbocycles. The molecule has 21 heavy (non-hydrogen) atoms. The zero-order chi connectivity index (χ0) is 15.6. The van der Waals surface area contributed by atoms with Gasteiger partial charge in [-0.25, -0.2) is 4.21 Å². The van der Waals surface area contributed by atoms with E-state index in [2.05, 4.69) is 6.92 Å². The van der Waals surface area contributed by atoms with Crippen LogP contribution in [-0.2, 0) is 20.9 Å². The van der Waals surface area contributed by atoms with Gasteiger partial charge in [0.05, 0.1) is 18.0 Å². The van der Waals surface area contributed by atoms with E-state index in [-0.39, 0.29) is 35.5 Å². The van der Waals surface area contributed by atoms with Gasteiger partial charge in [-0.3, -0.25) is 4.79 Å². The van der Waals surface area contributed by atoms with Gasteiger partial charge in [-0.05, 0) is 6.42 Å². The van der Waals surface area contributed by atoms with E-state index in [1.54, 1.807) is 0 Å². The Hall–Kier alpha value is 0.540. The topological polar surface area (TPSA) is 86.7 Å². The van der Waals surface area contributed by atoms with Crippen LogP contribution in [0.2, 0.25) is 0 Å². The van der Waals surface area contributed by atoms with Gasteiger partial charge in [0.1, 0.15) is 0 Å². The molecule has 0 aliphatic rings. The first-order chi connectivity index (χ1) is 9.50.